The van der Waals surface area contributed by atoms with Crippen molar-refractivity contribution in [3.63, 3.8) is 0 Å². The summed E-state index contributed by atoms with van der Waals surface area (Å²) in [6.45, 7) is 3.54. The second kappa shape index (κ2) is 5.61. The van der Waals surface area contributed by atoms with E-state index in [0.29, 0.717) is 5.56 Å². The van der Waals surface area contributed by atoms with Crippen molar-refractivity contribution in [2.24, 2.45) is 0 Å². The highest BCUT2D eigenvalue weighted by atomic mass is 32.2. The molecule has 0 radical (unpaired) electrons. The second-order valence-electron chi connectivity index (χ2n) is 4.92. The lowest BCUT2D eigenvalue weighted by Crippen LogP contribution is -2.30. The van der Waals surface area contributed by atoms with Crippen LogP contribution in [-0.4, -0.2) is 13.7 Å². The molecular weight excluding hydrogens is 272 g/mol. The Hall–Kier alpha value is -1.90. The quantitative estimate of drug-likeness (QED) is 0.940. The predicted octanol–water partition coefficient (Wildman–Crippen LogP) is 2.54. The third-order valence-corrected chi connectivity index (χ3v) is 4.92. The van der Waals surface area contributed by atoms with Gasteiger partial charge in [0.2, 0.25) is 10.0 Å². The van der Waals surface area contributed by atoms with E-state index in [1.54, 1.807) is 26.0 Å². The summed E-state index contributed by atoms with van der Waals surface area (Å²) in [6, 6.07) is 13.3. The van der Waals surface area contributed by atoms with Crippen molar-refractivity contribution >= 4 is 20.8 Å². The molecule has 104 valence electrons. The van der Waals surface area contributed by atoms with E-state index < -0.39 is 15.3 Å². The van der Waals surface area contributed by atoms with Gasteiger partial charge in [0.25, 0.3) is 0 Å². The summed E-state index contributed by atoms with van der Waals surface area (Å²) in [5, 5.41) is 10.4. The van der Waals surface area contributed by atoms with Crippen LogP contribution in [0.4, 0.5) is 0 Å². The monoisotopic (exact) mass is 288 g/mol. The van der Waals surface area contributed by atoms with Crippen molar-refractivity contribution in [2.45, 2.75) is 25.6 Å². The maximum Gasteiger partial charge on any atom is 0.214 e. The van der Waals surface area contributed by atoms with Gasteiger partial charge in [-0.3, -0.25) is 0 Å². The molecule has 0 aliphatic heterocycles. The van der Waals surface area contributed by atoms with Gasteiger partial charge in [0.1, 0.15) is 0 Å². The van der Waals surface area contributed by atoms with Crippen molar-refractivity contribution in [3.05, 3.63) is 47.5 Å². The third kappa shape index (κ3) is 3.16. The van der Waals surface area contributed by atoms with Crippen LogP contribution in [-0.2, 0) is 16.6 Å². The largest absolute Gasteiger partial charge is 0.214 e. The fourth-order valence-corrected chi connectivity index (χ4v) is 2.53. The first-order valence-electron chi connectivity index (χ1n) is 6.33. The van der Waals surface area contributed by atoms with Gasteiger partial charge in [0.05, 0.1) is 16.9 Å². The Morgan fingerprint density at radius 3 is 2.50 bits per heavy atom. The molecule has 0 amide bonds. The summed E-state index contributed by atoms with van der Waals surface area (Å²) >= 11 is 0. The molecule has 2 rings (SSSR count). The second-order valence-corrected chi connectivity index (χ2v) is 7.24. The minimum absolute atomic E-state index is 0.257. The molecule has 0 fully saturated rings. The number of nitrogens with zero attached hydrogens (tertiary/aromatic N) is 1. The van der Waals surface area contributed by atoms with Crippen LogP contribution in [0.2, 0.25) is 0 Å². The zero-order valence-corrected chi connectivity index (χ0v) is 12.2. The number of sulfonamides is 1. The lowest BCUT2D eigenvalue weighted by Gasteiger charge is -2.10. The average Bonchev–Trinajstić information content (AvgIpc) is 2.44. The first kappa shape index (κ1) is 14.5. The van der Waals surface area contributed by atoms with Crippen molar-refractivity contribution in [2.75, 3.05) is 0 Å². The predicted molar refractivity (Wildman–Crippen MR) is 79.6 cm³/mol. The van der Waals surface area contributed by atoms with Crippen LogP contribution in [0.1, 0.15) is 25.0 Å². The Kier molecular flexibility index (Phi) is 4.07. The van der Waals surface area contributed by atoms with Gasteiger partial charge in [-0.1, -0.05) is 18.2 Å². The number of fused-ring (bicyclic) bond motifs is 1. The minimum atomic E-state index is -3.26. The molecule has 0 aliphatic carbocycles. The van der Waals surface area contributed by atoms with Crippen LogP contribution in [0.15, 0.2) is 36.4 Å². The van der Waals surface area contributed by atoms with E-state index in [2.05, 4.69) is 10.8 Å². The number of nitriles is 1. The molecular formula is C15H16N2O2S. The molecule has 2 aromatic rings. The lowest BCUT2D eigenvalue weighted by atomic mass is 10.0. The van der Waals surface area contributed by atoms with Crippen LogP contribution in [0.5, 0.6) is 0 Å². The van der Waals surface area contributed by atoms with Crippen molar-refractivity contribution < 1.29 is 8.42 Å². The van der Waals surface area contributed by atoms with Gasteiger partial charge in [0.15, 0.2) is 0 Å². The van der Waals surface area contributed by atoms with Crippen LogP contribution in [0.25, 0.3) is 10.8 Å². The first-order chi connectivity index (χ1) is 9.42. The summed E-state index contributed by atoms with van der Waals surface area (Å²) < 4.78 is 26.0. The van der Waals surface area contributed by atoms with Gasteiger partial charge in [0, 0.05) is 6.54 Å². The van der Waals surface area contributed by atoms with E-state index in [1.165, 1.54) is 0 Å². The molecule has 5 heteroatoms. The molecule has 0 saturated carbocycles. The maximum atomic E-state index is 11.7. The van der Waals surface area contributed by atoms with Crippen LogP contribution in [0, 0.1) is 11.3 Å². The molecule has 0 aromatic heterocycles. The lowest BCUT2D eigenvalue weighted by molar-refractivity contribution is 0.572. The van der Waals surface area contributed by atoms with Crippen LogP contribution >= 0.6 is 0 Å². The van der Waals surface area contributed by atoms with E-state index in [1.807, 2.05) is 24.3 Å². The molecule has 0 unspecified atom stereocenters. The van der Waals surface area contributed by atoms with Gasteiger partial charge in [-0.25, -0.2) is 13.1 Å². The van der Waals surface area contributed by atoms with Crippen molar-refractivity contribution in [1.29, 1.82) is 5.26 Å². The van der Waals surface area contributed by atoms with Crippen LogP contribution < -0.4 is 4.72 Å². The number of hydrogen-bond donors (Lipinski definition) is 1. The smallest absolute Gasteiger partial charge is 0.212 e. The average molecular weight is 288 g/mol. The topological polar surface area (TPSA) is 70.0 Å². The van der Waals surface area contributed by atoms with Gasteiger partial charge in [-0.2, -0.15) is 5.26 Å². The molecule has 0 atom stereocenters. The van der Waals surface area contributed by atoms with E-state index in [0.717, 1.165) is 16.3 Å². The third-order valence-electron chi connectivity index (χ3n) is 3.13. The highest BCUT2D eigenvalue weighted by molar-refractivity contribution is 7.90. The fraction of sp³-hybridized carbons (Fsp3) is 0.267. The summed E-state index contributed by atoms with van der Waals surface area (Å²) in [6.07, 6.45) is 0. The molecule has 0 bridgehead atoms. The molecule has 0 spiro atoms. The Balaban J connectivity index is 2.26. The SMILES string of the molecule is CC(C)S(=O)(=O)NCc1ccc2ccc(C#N)cc2c1. The van der Waals surface area contributed by atoms with Gasteiger partial charge in [-0.15, -0.1) is 0 Å². The Bertz CT molecular complexity index is 774. The molecule has 0 heterocycles. The highest BCUT2D eigenvalue weighted by Crippen LogP contribution is 2.18. The number of rotatable bonds is 4. The zero-order valence-electron chi connectivity index (χ0n) is 11.4. The van der Waals surface area contributed by atoms with Crippen LogP contribution in [0.3, 0.4) is 0 Å². The molecule has 2 aromatic carbocycles. The highest BCUT2D eigenvalue weighted by Gasteiger charge is 2.14. The summed E-state index contributed by atoms with van der Waals surface area (Å²) in [5.74, 6) is 0. The van der Waals surface area contributed by atoms with Gasteiger partial charge >= 0.3 is 0 Å². The van der Waals surface area contributed by atoms with E-state index in [9.17, 15) is 8.42 Å². The van der Waals surface area contributed by atoms with E-state index >= 15 is 0 Å². The summed E-state index contributed by atoms with van der Waals surface area (Å²) in [4.78, 5) is 0. The molecule has 0 aliphatic rings. The minimum Gasteiger partial charge on any atom is -0.212 e. The number of benzene rings is 2. The zero-order chi connectivity index (χ0) is 14.8. The fourth-order valence-electron chi connectivity index (χ4n) is 1.83. The summed E-state index contributed by atoms with van der Waals surface area (Å²) in [5.41, 5.74) is 1.47. The molecule has 4 nitrogen and oxygen atoms in total. The van der Waals surface area contributed by atoms with Crippen molar-refractivity contribution in [3.8, 4) is 6.07 Å². The Labute approximate surface area is 119 Å². The maximum absolute atomic E-state index is 11.7. The Morgan fingerprint density at radius 1 is 1.15 bits per heavy atom. The molecule has 1 N–H and O–H groups in total. The number of hydrogen-bond acceptors (Lipinski definition) is 3. The van der Waals surface area contributed by atoms with Gasteiger partial charge in [-0.05, 0) is 48.4 Å². The molecule has 20 heavy (non-hydrogen) atoms. The van der Waals surface area contributed by atoms with E-state index in [4.69, 9.17) is 5.26 Å². The standard InChI is InChI=1S/C15H16N2O2S/c1-11(2)20(18,19)17-10-13-4-6-14-5-3-12(9-16)7-15(14)8-13/h3-8,11,17H,10H2,1-2H3. The van der Waals surface area contributed by atoms with Crippen molar-refractivity contribution in [1.82, 2.24) is 4.72 Å². The first-order valence-corrected chi connectivity index (χ1v) is 7.88. The Morgan fingerprint density at radius 2 is 1.85 bits per heavy atom. The van der Waals surface area contributed by atoms with Gasteiger partial charge < -0.3 is 0 Å². The normalized spacial score (nSPS) is 11.7. The summed E-state index contributed by atoms with van der Waals surface area (Å²) in [7, 11) is -3.26. The number of nitrogens with one attached hydrogen (secondary N) is 1. The van der Waals surface area contributed by atoms with E-state index in [-0.39, 0.29) is 6.54 Å². The molecule has 0 saturated heterocycles.